The zero-order valence-corrected chi connectivity index (χ0v) is 28.7. The van der Waals surface area contributed by atoms with Crippen molar-refractivity contribution in [3.05, 3.63) is 190 Å². The van der Waals surface area contributed by atoms with E-state index in [1.54, 1.807) is 97.1 Å². The summed E-state index contributed by atoms with van der Waals surface area (Å²) in [5, 5.41) is 46.9. The molecular weight excluding hydrogens is 788 g/mol. The van der Waals surface area contributed by atoms with Crippen LogP contribution in [0.4, 0.5) is 11.4 Å². The van der Waals surface area contributed by atoms with Crippen LogP contribution in [0.25, 0.3) is 10.6 Å². The Morgan fingerprint density at radius 3 is 0.878 bits per heavy atom. The molecule has 0 bridgehead atoms. The van der Waals surface area contributed by atoms with Gasteiger partial charge in [-0.2, -0.15) is 0 Å². The van der Waals surface area contributed by atoms with E-state index in [-0.39, 0.29) is 55.9 Å². The summed E-state index contributed by atoms with van der Waals surface area (Å²) in [6, 6.07) is 41.2. The van der Waals surface area contributed by atoms with Crippen molar-refractivity contribution < 1.29 is 51.1 Å². The number of phenols is 4. The second-order valence-electron chi connectivity index (χ2n) is 11.6. The van der Waals surface area contributed by atoms with Crippen LogP contribution in [0.15, 0.2) is 146 Å². The number of aromatic hydroxyl groups is 4. The Kier molecular flexibility index (Phi) is 8.76. The van der Waals surface area contributed by atoms with Gasteiger partial charge in [0.1, 0.15) is 23.0 Å². The molecule has 0 fully saturated rings. The molecule has 2 aliphatic heterocycles. The monoisotopic (exact) mass is 816 g/mol. The van der Waals surface area contributed by atoms with Crippen LogP contribution in [0.5, 0.6) is 23.0 Å². The number of rotatable bonds is 4. The molecule has 49 heavy (non-hydrogen) atoms. The summed E-state index contributed by atoms with van der Waals surface area (Å²) in [5.74, 6) is -0.0173. The van der Waals surface area contributed by atoms with E-state index in [1.165, 1.54) is 0 Å². The van der Waals surface area contributed by atoms with Gasteiger partial charge < -0.3 is 40.6 Å². The molecule has 8 rings (SSSR count). The number of benzene rings is 6. The minimum Gasteiger partial charge on any atom is -0.625 e. The predicted octanol–water partition coefficient (Wildman–Crippen LogP) is 7.95. The van der Waals surface area contributed by atoms with Crippen molar-refractivity contribution in [1.82, 2.24) is 0 Å². The number of amides is 2. The number of carbonyl (C=O) groups excluding carboxylic acids is 2. The Balaban J connectivity index is 0.000000167. The topological polar surface area (TPSA) is 143 Å². The molecule has 6 aromatic carbocycles. The Labute approximate surface area is 296 Å². The molecule has 0 radical (unpaired) electrons. The molecule has 0 atom stereocenters. The largest absolute Gasteiger partial charge is 2.00 e. The summed E-state index contributed by atoms with van der Waals surface area (Å²) in [4.78, 5) is 26.1. The van der Waals surface area contributed by atoms with Crippen molar-refractivity contribution in [2.24, 2.45) is 0 Å². The molecule has 0 aromatic heterocycles. The first kappa shape index (κ1) is 33.1. The molecule has 2 aliphatic rings. The quantitative estimate of drug-likeness (QED) is 0.142. The fourth-order valence-corrected chi connectivity index (χ4v) is 6.69. The number of carbonyl (C=O) groups is 2. The van der Waals surface area contributed by atoms with Gasteiger partial charge in [-0.3, -0.25) is 0 Å². The number of fused-ring (bicyclic) bond motifs is 2. The van der Waals surface area contributed by atoms with Crippen LogP contribution >= 0.6 is 0 Å². The number of phenolic OH excluding ortho intramolecular Hbond substituents is 4. The van der Waals surface area contributed by atoms with E-state index in [4.69, 9.17) is 0 Å². The molecule has 0 saturated carbocycles. The van der Waals surface area contributed by atoms with Gasteiger partial charge in [-0.15, -0.1) is 11.4 Å². The summed E-state index contributed by atoms with van der Waals surface area (Å²) >= 11 is 0. The molecule has 6 aromatic rings. The van der Waals surface area contributed by atoms with Crippen LogP contribution in [-0.2, 0) is 41.5 Å². The summed E-state index contributed by atoms with van der Waals surface area (Å²) < 4.78 is 0. The van der Waals surface area contributed by atoms with Gasteiger partial charge in [0.15, 0.2) is 0 Å². The van der Waals surface area contributed by atoms with E-state index >= 15 is 0 Å². The number of hydrogen-bond donors (Lipinski definition) is 4. The van der Waals surface area contributed by atoms with Gasteiger partial charge in [0.05, 0.1) is 22.6 Å². The molecule has 0 spiro atoms. The van der Waals surface area contributed by atoms with Crippen molar-refractivity contribution in [2.45, 2.75) is 10.8 Å². The van der Waals surface area contributed by atoms with Crippen molar-refractivity contribution in [3.8, 4) is 23.0 Å². The minimum absolute atomic E-state index is 0. The third-order valence-corrected chi connectivity index (χ3v) is 8.90. The first-order valence-corrected chi connectivity index (χ1v) is 15.1. The van der Waals surface area contributed by atoms with Crippen LogP contribution in [-0.4, -0.2) is 32.2 Å². The predicted molar refractivity (Wildman–Crippen MR) is 181 cm³/mol. The Morgan fingerprint density at radius 2 is 0.612 bits per heavy atom. The molecule has 0 aliphatic carbocycles. The second kappa shape index (κ2) is 13.0. The van der Waals surface area contributed by atoms with Crippen LogP contribution in [0.2, 0.25) is 0 Å². The van der Waals surface area contributed by atoms with Crippen LogP contribution in [0.3, 0.4) is 0 Å². The molecule has 0 unspecified atom stereocenters. The molecule has 2 heterocycles. The SMILES string of the molecule is O=C1[N-]c2ccccc2C1(c1ccc(O)cc1)c1ccc(O)cc1.O=C1[N-]c2ccccc2C1(c1ccc(O)cc1)c1ccc(O)cc1.[W+2]. The fraction of sp³-hybridized carbons (Fsp3) is 0.0500. The molecule has 8 nitrogen and oxygen atoms in total. The van der Waals surface area contributed by atoms with E-state index in [0.717, 1.165) is 33.4 Å². The van der Waals surface area contributed by atoms with E-state index in [2.05, 4.69) is 10.6 Å². The fourth-order valence-electron chi connectivity index (χ4n) is 6.69. The van der Waals surface area contributed by atoms with Gasteiger partial charge in [0.2, 0.25) is 0 Å². The molecule has 9 heteroatoms. The summed E-state index contributed by atoms with van der Waals surface area (Å²) in [5.41, 5.74) is 3.64. The van der Waals surface area contributed by atoms with E-state index in [1.807, 2.05) is 48.5 Å². The van der Waals surface area contributed by atoms with Crippen molar-refractivity contribution in [3.63, 3.8) is 0 Å². The zero-order chi connectivity index (χ0) is 33.5. The van der Waals surface area contributed by atoms with Crippen molar-refractivity contribution >= 4 is 23.2 Å². The summed E-state index contributed by atoms with van der Waals surface area (Å²) in [6.07, 6.45) is 0. The van der Waals surface area contributed by atoms with Crippen LogP contribution in [0.1, 0.15) is 33.4 Å². The first-order valence-electron chi connectivity index (χ1n) is 15.1. The molecule has 2 amide bonds. The van der Waals surface area contributed by atoms with Gasteiger partial charge in [-0.05, 0) is 81.9 Å². The standard InChI is InChI=1S/2C20H15NO3.W/c2*22-15-9-5-13(6-10-15)20(14-7-11-16(23)12-8-14)17-3-1-2-4-18(17)21-19(20)24;/h2*1-12H,(H3,21,22,23,24);/q;;+2/p-2. The average molecular weight is 817 g/mol. The maximum Gasteiger partial charge on any atom is 2.00 e. The van der Waals surface area contributed by atoms with E-state index in [0.29, 0.717) is 11.4 Å². The average Bonchev–Trinajstić information content (AvgIpc) is 3.57. The van der Waals surface area contributed by atoms with E-state index in [9.17, 15) is 30.0 Å². The minimum atomic E-state index is -1.07. The molecule has 4 N–H and O–H groups in total. The number of hydrogen-bond acceptors (Lipinski definition) is 6. The maximum absolute atomic E-state index is 13.0. The second-order valence-corrected chi connectivity index (χ2v) is 11.6. The van der Waals surface area contributed by atoms with Crippen LogP contribution in [0, 0.1) is 0 Å². The zero-order valence-electron chi connectivity index (χ0n) is 25.8. The molecule has 0 saturated heterocycles. The summed E-state index contributed by atoms with van der Waals surface area (Å²) in [6.45, 7) is 0. The van der Waals surface area contributed by atoms with E-state index < -0.39 is 10.8 Å². The maximum atomic E-state index is 13.0. The van der Waals surface area contributed by atoms with Gasteiger partial charge in [-0.1, -0.05) is 97.1 Å². The summed E-state index contributed by atoms with van der Waals surface area (Å²) in [7, 11) is 0. The van der Waals surface area contributed by atoms with Crippen LogP contribution < -0.4 is 0 Å². The van der Waals surface area contributed by atoms with Crippen molar-refractivity contribution in [2.75, 3.05) is 0 Å². The van der Waals surface area contributed by atoms with Gasteiger partial charge in [0, 0.05) is 0 Å². The number of nitrogens with zero attached hydrogens (tertiary/aromatic N) is 2. The Morgan fingerprint density at radius 1 is 0.367 bits per heavy atom. The van der Waals surface area contributed by atoms with Gasteiger partial charge in [0.25, 0.3) is 0 Å². The third kappa shape index (κ3) is 5.40. The number of para-hydroxylation sites is 2. The smallest absolute Gasteiger partial charge is 0.625 e. The van der Waals surface area contributed by atoms with Crippen molar-refractivity contribution in [1.29, 1.82) is 0 Å². The van der Waals surface area contributed by atoms with Gasteiger partial charge in [-0.25, -0.2) is 0 Å². The molecule has 240 valence electrons. The molecular formula is C40H28N2O6W. The third-order valence-electron chi connectivity index (χ3n) is 8.90. The normalized spacial score (nSPS) is 14.6. The Bertz CT molecular complexity index is 1900. The van der Waals surface area contributed by atoms with Gasteiger partial charge >= 0.3 is 21.1 Å². The first-order chi connectivity index (χ1) is 23.2. The Hall–Kier alpha value is -5.85.